The van der Waals surface area contributed by atoms with Crippen LogP contribution < -0.4 is 5.32 Å². The summed E-state index contributed by atoms with van der Waals surface area (Å²) >= 11 is 0. The number of likely N-dealkylation sites (tertiary alicyclic amines) is 1. The zero-order chi connectivity index (χ0) is 18.0. The zero-order valence-corrected chi connectivity index (χ0v) is 15.5. The van der Waals surface area contributed by atoms with Gasteiger partial charge in [0.15, 0.2) is 0 Å². The van der Waals surface area contributed by atoms with E-state index in [4.69, 9.17) is 0 Å². The maximum atomic E-state index is 13.3. The Hall–Kier alpha value is -1.88. The first-order valence-corrected chi connectivity index (χ1v) is 9.34. The summed E-state index contributed by atoms with van der Waals surface area (Å²) < 4.78 is 0. The van der Waals surface area contributed by atoms with Crippen LogP contribution in [0.3, 0.4) is 0 Å². The van der Waals surface area contributed by atoms with Crippen molar-refractivity contribution < 1.29 is 9.59 Å². The third-order valence-corrected chi connectivity index (χ3v) is 5.37. The van der Waals surface area contributed by atoms with Crippen LogP contribution in [0.2, 0.25) is 0 Å². The first kappa shape index (κ1) is 17.9. The first-order chi connectivity index (χ1) is 11.9. The smallest absolute Gasteiger partial charge is 0.319 e. The van der Waals surface area contributed by atoms with Gasteiger partial charge in [0.1, 0.15) is 5.54 Å². The van der Waals surface area contributed by atoms with Crippen molar-refractivity contribution in [2.75, 3.05) is 19.8 Å². The molecule has 3 amide bonds. The number of carbonyl (C=O) groups is 2. The minimum Gasteiger partial charge on any atom is -0.319 e. The number of hydrogen-bond acceptors (Lipinski definition) is 3. The van der Waals surface area contributed by atoms with Gasteiger partial charge in [-0.1, -0.05) is 51.1 Å². The van der Waals surface area contributed by atoms with Crippen LogP contribution in [0.5, 0.6) is 0 Å². The number of benzene rings is 1. The number of piperidine rings is 1. The fourth-order valence-electron chi connectivity index (χ4n) is 3.94. The lowest BCUT2D eigenvalue weighted by Crippen LogP contribution is -2.47. The average Bonchev–Trinajstić information content (AvgIpc) is 2.82. The van der Waals surface area contributed by atoms with E-state index in [9.17, 15) is 9.59 Å². The normalized spacial score (nSPS) is 25.7. The van der Waals surface area contributed by atoms with Crippen LogP contribution in [-0.2, 0) is 10.3 Å². The molecule has 5 heteroatoms. The van der Waals surface area contributed by atoms with E-state index in [0.717, 1.165) is 37.4 Å². The number of nitrogens with one attached hydrogen (secondary N) is 1. The van der Waals surface area contributed by atoms with Crippen LogP contribution in [0.15, 0.2) is 30.3 Å². The van der Waals surface area contributed by atoms with E-state index in [1.54, 1.807) is 0 Å². The molecule has 2 fully saturated rings. The molecule has 1 aromatic rings. The van der Waals surface area contributed by atoms with E-state index in [1.165, 1.54) is 4.90 Å². The summed E-state index contributed by atoms with van der Waals surface area (Å²) in [5.74, 6) is 0.903. The highest BCUT2D eigenvalue weighted by Gasteiger charge is 2.52. The molecule has 3 rings (SSSR count). The number of imide groups is 1. The van der Waals surface area contributed by atoms with Gasteiger partial charge in [-0.2, -0.15) is 0 Å². The molecule has 0 spiro atoms. The number of urea groups is 1. The molecule has 0 unspecified atom stereocenters. The number of hydrogen-bond donors (Lipinski definition) is 1. The Bertz CT molecular complexity index is 623. The first-order valence-electron chi connectivity index (χ1n) is 9.34. The molecule has 1 aromatic carbocycles. The summed E-state index contributed by atoms with van der Waals surface area (Å²) in [5, 5.41) is 3.02. The Morgan fingerprint density at radius 3 is 2.40 bits per heavy atom. The van der Waals surface area contributed by atoms with E-state index in [0.29, 0.717) is 19.0 Å². The summed E-state index contributed by atoms with van der Waals surface area (Å²) in [7, 11) is 0. The molecular formula is C20H29N3O2. The molecule has 0 aliphatic carbocycles. The standard InChI is InChI=1S/C20H29N3O2/c1-15(2)13-20(17-7-5-4-6-8-17)18(24)23(19(25)21-20)14-22-11-9-16(3)10-12-22/h4-8,15-16H,9-14H2,1-3H3,(H,21,25)/t20-/m0/s1. The molecule has 25 heavy (non-hydrogen) atoms. The molecule has 0 saturated carbocycles. The van der Waals surface area contributed by atoms with Crippen LogP contribution in [0.4, 0.5) is 4.79 Å². The minimum atomic E-state index is -0.935. The maximum absolute atomic E-state index is 13.3. The fourth-order valence-corrected chi connectivity index (χ4v) is 3.94. The second kappa shape index (κ2) is 7.16. The fraction of sp³-hybridized carbons (Fsp3) is 0.600. The molecule has 1 atom stereocenters. The van der Waals surface area contributed by atoms with Crippen molar-refractivity contribution in [1.82, 2.24) is 15.1 Å². The third-order valence-electron chi connectivity index (χ3n) is 5.37. The Kier molecular flexibility index (Phi) is 5.13. The van der Waals surface area contributed by atoms with E-state index in [-0.39, 0.29) is 11.9 Å². The van der Waals surface area contributed by atoms with E-state index < -0.39 is 5.54 Å². The van der Waals surface area contributed by atoms with Crippen molar-refractivity contribution in [1.29, 1.82) is 0 Å². The van der Waals surface area contributed by atoms with Gasteiger partial charge >= 0.3 is 6.03 Å². The van der Waals surface area contributed by atoms with Crippen LogP contribution in [0.25, 0.3) is 0 Å². The van der Waals surface area contributed by atoms with Gasteiger partial charge in [-0.15, -0.1) is 0 Å². The highest BCUT2D eigenvalue weighted by molar-refractivity contribution is 6.07. The van der Waals surface area contributed by atoms with Gasteiger partial charge in [0.2, 0.25) is 0 Å². The van der Waals surface area contributed by atoms with Crippen molar-refractivity contribution >= 4 is 11.9 Å². The summed E-state index contributed by atoms with van der Waals surface area (Å²) in [6.07, 6.45) is 2.86. The lowest BCUT2D eigenvalue weighted by atomic mass is 9.82. The molecule has 2 aliphatic heterocycles. The van der Waals surface area contributed by atoms with Crippen molar-refractivity contribution in [2.24, 2.45) is 11.8 Å². The number of amides is 3. The minimum absolute atomic E-state index is 0.115. The molecular weight excluding hydrogens is 314 g/mol. The molecule has 2 aliphatic rings. The molecule has 5 nitrogen and oxygen atoms in total. The van der Waals surface area contributed by atoms with Crippen LogP contribution in [0, 0.1) is 11.8 Å². The maximum Gasteiger partial charge on any atom is 0.326 e. The second-order valence-electron chi connectivity index (χ2n) is 7.97. The lowest BCUT2D eigenvalue weighted by molar-refractivity contribution is -0.134. The Balaban J connectivity index is 1.83. The summed E-state index contributed by atoms with van der Waals surface area (Å²) in [6.45, 7) is 8.71. The van der Waals surface area contributed by atoms with Crippen LogP contribution in [0.1, 0.15) is 45.6 Å². The van der Waals surface area contributed by atoms with Crippen LogP contribution >= 0.6 is 0 Å². The lowest BCUT2D eigenvalue weighted by Gasteiger charge is -2.33. The van der Waals surface area contributed by atoms with E-state index in [1.807, 2.05) is 30.3 Å². The predicted molar refractivity (Wildman–Crippen MR) is 97.8 cm³/mol. The molecule has 2 saturated heterocycles. The largest absolute Gasteiger partial charge is 0.326 e. The number of carbonyl (C=O) groups excluding carboxylic acids is 2. The topological polar surface area (TPSA) is 52.7 Å². The Labute approximate surface area is 150 Å². The average molecular weight is 343 g/mol. The SMILES string of the molecule is CC(C)C[C@@]1(c2ccccc2)NC(=O)N(CN2CCC(C)CC2)C1=O. The molecule has 2 heterocycles. The number of nitrogens with zero attached hydrogens (tertiary/aromatic N) is 2. The van der Waals surface area contributed by atoms with Gasteiger partial charge < -0.3 is 5.32 Å². The second-order valence-corrected chi connectivity index (χ2v) is 7.97. The summed E-state index contributed by atoms with van der Waals surface area (Å²) in [4.78, 5) is 29.6. The molecule has 0 bridgehead atoms. The van der Waals surface area contributed by atoms with Gasteiger partial charge in [0.25, 0.3) is 5.91 Å². The van der Waals surface area contributed by atoms with Gasteiger partial charge in [-0.3, -0.25) is 9.69 Å². The van der Waals surface area contributed by atoms with Gasteiger partial charge in [-0.05, 0) is 36.7 Å². The number of rotatable bonds is 5. The van der Waals surface area contributed by atoms with Gasteiger partial charge in [0, 0.05) is 13.1 Å². The van der Waals surface area contributed by atoms with Crippen molar-refractivity contribution in [3.8, 4) is 0 Å². The van der Waals surface area contributed by atoms with Crippen molar-refractivity contribution in [3.05, 3.63) is 35.9 Å². The Morgan fingerprint density at radius 2 is 1.80 bits per heavy atom. The predicted octanol–water partition coefficient (Wildman–Crippen LogP) is 3.17. The molecule has 0 radical (unpaired) electrons. The zero-order valence-electron chi connectivity index (χ0n) is 15.5. The third kappa shape index (κ3) is 3.56. The Morgan fingerprint density at radius 1 is 1.16 bits per heavy atom. The van der Waals surface area contributed by atoms with Crippen molar-refractivity contribution in [2.45, 2.75) is 45.6 Å². The molecule has 0 aromatic heterocycles. The quantitative estimate of drug-likeness (QED) is 0.836. The summed E-state index contributed by atoms with van der Waals surface area (Å²) in [6, 6.07) is 9.38. The van der Waals surface area contributed by atoms with E-state index in [2.05, 4.69) is 31.0 Å². The van der Waals surface area contributed by atoms with Crippen molar-refractivity contribution in [3.63, 3.8) is 0 Å². The molecule has 136 valence electrons. The summed E-state index contributed by atoms with van der Waals surface area (Å²) in [5.41, 5.74) is -0.0629. The molecule has 1 N–H and O–H groups in total. The van der Waals surface area contributed by atoms with Gasteiger partial charge in [-0.25, -0.2) is 9.69 Å². The highest BCUT2D eigenvalue weighted by Crippen LogP contribution is 2.35. The van der Waals surface area contributed by atoms with E-state index >= 15 is 0 Å². The van der Waals surface area contributed by atoms with Crippen LogP contribution in [-0.4, -0.2) is 41.5 Å². The van der Waals surface area contributed by atoms with Gasteiger partial charge in [0.05, 0.1) is 6.67 Å². The monoisotopic (exact) mass is 343 g/mol. The highest BCUT2D eigenvalue weighted by atomic mass is 16.2.